The summed E-state index contributed by atoms with van der Waals surface area (Å²) in [5, 5.41) is 4.94. The molecule has 1 heteroatoms. The Kier molecular flexibility index (Phi) is 8.12. The van der Waals surface area contributed by atoms with Crippen molar-refractivity contribution in [1.29, 1.82) is 0 Å². The van der Waals surface area contributed by atoms with E-state index in [-0.39, 0.29) is 0 Å². The van der Waals surface area contributed by atoms with Crippen molar-refractivity contribution in [2.24, 2.45) is 0 Å². The number of hydrogen-bond acceptors (Lipinski definition) is 1. The van der Waals surface area contributed by atoms with Crippen molar-refractivity contribution in [3.05, 3.63) is 259 Å². The smallest absolute Gasteiger partial charge is 0.0714 e. The average molecular weight is 738 g/mol. The zero-order valence-electron chi connectivity index (χ0n) is 32.0. The van der Waals surface area contributed by atoms with E-state index in [9.17, 15) is 0 Å². The van der Waals surface area contributed by atoms with E-state index in [2.05, 4.69) is 241 Å². The average Bonchev–Trinajstić information content (AvgIpc) is 3.61. The highest BCUT2D eigenvalue weighted by atomic mass is 15.1. The first-order chi connectivity index (χ1) is 28.8. The number of hydrogen-bond donors (Lipinski definition) is 0. The standard InChI is InChI=1S/C57H39N/c1-3-19-47(20-4-1)57(48-21-5-2-6-22-48)52-25-12-11-24-51(52)56-53(57)26-14-28-55(56)58(54-27-13-18-44-16-9-10-23-50(44)54)49-37-35-42(36-38-49)41-29-31-43(32-30-41)46-34-33-40-15-7-8-17-45(40)39-46/h1-39H. The monoisotopic (exact) mass is 737 g/mol. The molecule has 11 rings (SSSR count). The summed E-state index contributed by atoms with van der Waals surface area (Å²) in [6.07, 6.45) is 0. The minimum Gasteiger partial charge on any atom is -0.309 e. The summed E-state index contributed by atoms with van der Waals surface area (Å²) in [6.45, 7) is 0. The van der Waals surface area contributed by atoms with Crippen LogP contribution < -0.4 is 4.90 Å². The summed E-state index contributed by atoms with van der Waals surface area (Å²) in [5.74, 6) is 0. The molecule has 0 heterocycles. The van der Waals surface area contributed by atoms with Gasteiger partial charge < -0.3 is 4.90 Å². The molecule has 0 aromatic heterocycles. The van der Waals surface area contributed by atoms with Crippen LogP contribution in [-0.4, -0.2) is 0 Å². The fraction of sp³-hybridized carbons (Fsp3) is 0.0175. The van der Waals surface area contributed by atoms with Gasteiger partial charge in [0.25, 0.3) is 0 Å². The van der Waals surface area contributed by atoms with Crippen molar-refractivity contribution < 1.29 is 0 Å². The quantitative estimate of drug-likeness (QED) is 0.157. The van der Waals surface area contributed by atoms with E-state index in [1.165, 1.54) is 77.2 Å². The molecular formula is C57H39N. The van der Waals surface area contributed by atoms with Crippen LogP contribution in [0.3, 0.4) is 0 Å². The molecule has 1 aliphatic rings. The first-order valence-electron chi connectivity index (χ1n) is 20.1. The van der Waals surface area contributed by atoms with Gasteiger partial charge in [0, 0.05) is 16.6 Å². The van der Waals surface area contributed by atoms with Crippen LogP contribution in [0.2, 0.25) is 0 Å². The predicted molar refractivity (Wildman–Crippen MR) is 244 cm³/mol. The molecule has 10 aromatic rings. The van der Waals surface area contributed by atoms with Gasteiger partial charge in [-0.05, 0) is 96.6 Å². The molecule has 0 spiro atoms. The Morgan fingerprint density at radius 3 is 1.53 bits per heavy atom. The zero-order chi connectivity index (χ0) is 38.5. The Hall–Kier alpha value is -7.48. The first kappa shape index (κ1) is 33.8. The summed E-state index contributed by atoms with van der Waals surface area (Å²) in [7, 11) is 0. The van der Waals surface area contributed by atoms with Gasteiger partial charge in [-0.25, -0.2) is 0 Å². The SMILES string of the molecule is c1ccc(C2(c3ccccc3)c3ccccc3-c3c(N(c4ccc(-c5ccc(-c6ccc7ccccc7c6)cc5)cc4)c4cccc5ccccc45)cccc32)cc1. The highest BCUT2D eigenvalue weighted by molar-refractivity contribution is 6.03. The molecule has 0 fully saturated rings. The minimum atomic E-state index is -0.488. The molecular weight excluding hydrogens is 699 g/mol. The summed E-state index contributed by atoms with van der Waals surface area (Å²) in [6, 6.07) is 86.8. The summed E-state index contributed by atoms with van der Waals surface area (Å²) >= 11 is 0. The highest BCUT2D eigenvalue weighted by Gasteiger charge is 2.47. The Bertz CT molecular complexity index is 3050. The lowest BCUT2D eigenvalue weighted by atomic mass is 9.68. The van der Waals surface area contributed by atoms with Gasteiger partial charge in [0.1, 0.15) is 0 Å². The first-order valence-corrected chi connectivity index (χ1v) is 20.1. The molecule has 10 aromatic carbocycles. The maximum Gasteiger partial charge on any atom is 0.0714 e. The van der Waals surface area contributed by atoms with E-state index >= 15 is 0 Å². The summed E-state index contributed by atoms with van der Waals surface area (Å²) in [4.78, 5) is 2.48. The summed E-state index contributed by atoms with van der Waals surface area (Å²) in [5.41, 5.74) is 15.4. The van der Waals surface area contributed by atoms with Crippen LogP contribution in [0, 0.1) is 0 Å². The van der Waals surface area contributed by atoms with Gasteiger partial charge in [0.2, 0.25) is 0 Å². The van der Waals surface area contributed by atoms with E-state index in [1.807, 2.05) is 0 Å². The molecule has 1 aliphatic carbocycles. The van der Waals surface area contributed by atoms with Crippen LogP contribution >= 0.6 is 0 Å². The molecule has 58 heavy (non-hydrogen) atoms. The van der Waals surface area contributed by atoms with Crippen molar-refractivity contribution in [3.8, 4) is 33.4 Å². The van der Waals surface area contributed by atoms with Crippen molar-refractivity contribution in [2.45, 2.75) is 5.41 Å². The van der Waals surface area contributed by atoms with Gasteiger partial charge in [-0.3, -0.25) is 0 Å². The van der Waals surface area contributed by atoms with E-state index in [0.29, 0.717) is 0 Å². The minimum absolute atomic E-state index is 0.488. The van der Waals surface area contributed by atoms with E-state index in [4.69, 9.17) is 0 Å². The summed E-state index contributed by atoms with van der Waals surface area (Å²) < 4.78 is 0. The third kappa shape index (κ3) is 5.39. The van der Waals surface area contributed by atoms with Gasteiger partial charge in [-0.2, -0.15) is 0 Å². The fourth-order valence-corrected chi connectivity index (χ4v) is 9.50. The van der Waals surface area contributed by atoms with Crippen molar-refractivity contribution in [1.82, 2.24) is 0 Å². The van der Waals surface area contributed by atoms with Crippen LogP contribution in [0.25, 0.3) is 54.9 Å². The lowest BCUT2D eigenvalue weighted by Gasteiger charge is -2.34. The molecule has 0 saturated carbocycles. The second-order valence-corrected chi connectivity index (χ2v) is 15.2. The van der Waals surface area contributed by atoms with Gasteiger partial charge in [0.05, 0.1) is 16.8 Å². The zero-order valence-corrected chi connectivity index (χ0v) is 32.0. The number of anilines is 3. The predicted octanol–water partition coefficient (Wildman–Crippen LogP) is 15.2. The van der Waals surface area contributed by atoms with Crippen molar-refractivity contribution >= 4 is 38.6 Å². The lowest BCUT2D eigenvalue weighted by Crippen LogP contribution is -2.28. The highest BCUT2D eigenvalue weighted by Crippen LogP contribution is 2.59. The number of benzene rings is 10. The molecule has 0 saturated heterocycles. The van der Waals surface area contributed by atoms with Gasteiger partial charge >= 0.3 is 0 Å². The molecule has 272 valence electrons. The molecule has 0 unspecified atom stereocenters. The number of fused-ring (bicyclic) bond motifs is 5. The molecule has 0 amide bonds. The second kappa shape index (κ2) is 13.9. The van der Waals surface area contributed by atoms with Crippen molar-refractivity contribution in [2.75, 3.05) is 4.90 Å². The number of rotatable bonds is 7. The van der Waals surface area contributed by atoms with Crippen LogP contribution in [0.5, 0.6) is 0 Å². The lowest BCUT2D eigenvalue weighted by molar-refractivity contribution is 0.768. The van der Waals surface area contributed by atoms with Gasteiger partial charge in [-0.1, -0.05) is 206 Å². The Morgan fingerprint density at radius 1 is 0.310 bits per heavy atom. The van der Waals surface area contributed by atoms with E-state index in [1.54, 1.807) is 0 Å². The van der Waals surface area contributed by atoms with Crippen LogP contribution in [0.1, 0.15) is 22.3 Å². The van der Waals surface area contributed by atoms with Crippen LogP contribution in [0.4, 0.5) is 17.1 Å². The maximum atomic E-state index is 2.48. The normalized spacial score (nSPS) is 12.6. The topological polar surface area (TPSA) is 3.24 Å². The Morgan fingerprint density at radius 2 is 0.810 bits per heavy atom. The molecule has 0 radical (unpaired) electrons. The second-order valence-electron chi connectivity index (χ2n) is 15.2. The Balaban J connectivity index is 1.08. The van der Waals surface area contributed by atoms with Crippen LogP contribution in [0.15, 0.2) is 237 Å². The van der Waals surface area contributed by atoms with Gasteiger partial charge in [0.15, 0.2) is 0 Å². The van der Waals surface area contributed by atoms with Crippen molar-refractivity contribution in [3.63, 3.8) is 0 Å². The third-order valence-corrected chi connectivity index (χ3v) is 12.1. The van der Waals surface area contributed by atoms with E-state index < -0.39 is 5.41 Å². The number of nitrogens with zero attached hydrogens (tertiary/aromatic N) is 1. The van der Waals surface area contributed by atoms with Crippen LogP contribution in [-0.2, 0) is 5.41 Å². The molecule has 1 nitrogen and oxygen atoms in total. The van der Waals surface area contributed by atoms with Gasteiger partial charge in [-0.15, -0.1) is 0 Å². The van der Waals surface area contributed by atoms with E-state index in [0.717, 1.165) is 17.1 Å². The molecule has 0 aliphatic heterocycles. The third-order valence-electron chi connectivity index (χ3n) is 12.1. The molecule has 0 atom stereocenters. The maximum absolute atomic E-state index is 2.48. The fourth-order valence-electron chi connectivity index (χ4n) is 9.50. The molecule has 0 N–H and O–H groups in total. The Labute approximate surface area is 339 Å². The molecule has 0 bridgehead atoms. The largest absolute Gasteiger partial charge is 0.309 e.